The molecule has 1 atom stereocenters. The second kappa shape index (κ2) is 5.70. The van der Waals surface area contributed by atoms with E-state index in [0.717, 1.165) is 24.8 Å². The molecule has 0 unspecified atom stereocenters. The van der Waals surface area contributed by atoms with E-state index < -0.39 is 0 Å². The summed E-state index contributed by atoms with van der Waals surface area (Å²) in [5.74, 6) is -0.280. The van der Waals surface area contributed by atoms with Crippen molar-refractivity contribution in [2.24, 2.45) is 11.1 Å². The van der Waals surface area contributed by atoms with E-state index in [1.807, 2.05) is 13.0 Å². The summed E-state index contributed by atoms with van der Waals surface area (Å²) in [5.41, 5.74) is 6.54. The van der Waals surface area contributed by atoms with Crippen molar-refractivity contribution in [3.8, 4) is 0 Å². The second-order valence-electron chi connectivity index (χ2n) is 5.58. The first-order valence-electron chi connectivity index (χ1n) is 6.80. The minimum Gasteiger partial charge on any atom is -0.350 e. The lowest BCUT2D eigenvalue weighted by molar-refractivity contribution is -0.125. The van der Waals surface area contributed by atoms with Crippen molar-refractivity contribution < 1.29 is 9.18 Å². The van der Waals surface area contributed by atoms with E-state index in [9.17, 15) is 9.18 Å². The average molecular weight is 264 g/mol. The Kier molecular flexibility index (Phi) is 4.20. The molecule has 19 heavy (non-hydrogen) atoms. The topological polar surface area (TPSA) is 55.1 Å². The van der Waals surface area contributed by atoms with Crippen molar-refractivity contribution in [1.82, 2.24) is 5.32 Å². The van der Waals surface area contributed by atoms with Gasteiger partial charge in [-0.1, -0.05) is 18.6 Å². The molecular formula is C15H21FN2O. The number of rotatable bonds is 5. The van der Waals surface area contributed by atoms with Crippen LogP contribution < -0.4 is 11.1 Å². The number of carbonyl (C=O) groups excluding carboxylic acids is 1. The van der Waals surface area contributed by atoms with E-state index in [1.54, 1.807) is 6.07 Å². The first-order chi connectivity index (χ1) is 9.04. The Bertz CT molecular complexity index is 452. The van der Waals surface area contributed by atoms with E-state index in [1.165, 1.54) is 12.1 Å². The van der Waals surface area contributed by atoms with Crippen molar-refractivity contribution in [3.63, 3.8) is 0 Å². The Morgan fingerprint density at radius 3 is 2.79 bits per heavy atom. The number of amides is 1. The van der Waals surface area contributed by atoms with Crippen molar-refractivity contribution in [2.75, 3.05) is 6.54 Å². The summed E-state index contributed by atoms with van der Waals surface area (Å²) < 4.78 is 13.1. The molecule has 0 aromatic heterocycles. The molecule has 0 heterocycles. The zero-order valence-electron chi connectivity index (χ0n) is 11.3. The molecule has 1 aliphatic rings. The third-order valence-electron chi connectivity index (χ3n) is 4.11. The van der Waals surface area contributed by atoms with Crippen molar-refractivity contribution in [3.05, 3.63) is 35.6 Å². The molecule has 1 saturated carbocycles. The molecule has 1 aromatic carbocycles. The van der Waals surface area contributed by atoms with Gasteiger partial charge in [-0.05, 0) is 49.4 Å². The van der Waals surface area contributed by atoms with Crippen LogP contribution in [0.4, 0.5) is 4.39 Å². The molecule has 104 valence electrons. The smallest absolute Gasteiger partial charge is 0.221 e. The van der Waals surface area contributed by atoms with Crippen molar-refractivity contribution >= 4 is 5.91 Å². The van der Waals surface area contributed by atoms with Crippen LogP contribution in [0.2, 0.25) is 0 Å². The summed E-state index contributed by atoms with van der Waals surface area (Å²) in [6.07, 6.45) is 3.70. The van der Waals surface area contributed by atoms with Gasteiger partial charge in [-0.15, -0.1) is 0 Å². The van der Waals surface area contributed by atoms with Gasteiger partial charge in [-0.25, -0.2) is 4.39 Å². The largest absolute Gasteiger partial charge is 0.350 e. The summed E-state index contributed by atoms with van der Waals surface area (Å²) >= 11 is 0. The fraction of sp³-hybridized carbons (Fsp3) is 0.533. The van der Waals surface area contributed by atoms with Gasteiger partial charge >= 0.3 is 0 Å². The maximum absolute atomic E-state index is 13.1. The molecule has 0 bridgehead atoms. The number of carbonyl (C=O) groups is 1. The molecule has 0 spiro atoms. The van der Waals surface area contributed by atoms with Crippen LogP contribution in [-0.4, -0.2) is 12.5 Å². The fourth-order valence-corrected chi connectivity index (χ4v) is 2.62. The number of halogens is 1. The maximum Gasteiger partial charge on any atom is 0.221 e. The highest BCUT2D eigenvalue weighted by Gasteiger charge is 2.37. The molecule has 4 heteroatoms. The fourth-order valence-electron chi connectivity index (χ4n) is 2.62. The highest BCUT2D eigenvalue weighted by atomic mass is 19.1. The van der Waals surface area contributed by atoms with Gasteiger partial charge in [0, 0.05) is 6.42 Å². The third-order valence-corrected chi connectivity index (χ3v) is 4.11. The molecule has 1 fully saturated rings. The van der Waals surface area contributed by atoms with Gasteiger partial charge in [0.1, 0.15) is 5.82 Å². The van der Waals surface area contributed by atoms with E-state index in [4.69, 9.17) is 5.73 Å². The Labute approximate surface area is 113 Å². The van der Waals surface area contributed by atoms with Gasteiger partial charge in [-0.2, -0.15) is 0 Å². The minimum absolute atomic E-state index is 0.00177. The first kappa shape index (κ1) is 14.0. The summed E-state index contributed by atoms with van der Waals surface area (Å²) in [5, 5.41) is 2.92. The van der Waals surface area contributed by atoms with E-state index in [2.05, 4.69) is 5.32 Å². The van der Waals surface area contributed by atoms with Crippen LogP contribution in [0, 0.1) is 11.2 Å². The summed E-state index contributed by atoms with van der Waals surface area (Å²) in [6, 6.07) is 6.14. The predicted molar refractivity (Wildman–Crippen MR) is 72.9 cm³/mol. The quantitative estimate of drug-likeness (QED) is 0.858. The van der Waals surface area contributed by atoms with E-state index in [0.29, 0.717) is 13.0 Å². The normalized spacial score (nSPS) is 18.5. The number of benzene rings is 1. The summed E-state index contributed by atoms with van der Waals surface area (Å²) in [4.78, 5) is 12.0. The SMILES string of the molecule is C[C@@H](NC(=O)CC1(CN)CCC1)c1cccc(F)c1. The first-order valence-corrected chi connectivity index (χ1v) is 6.80. The number of nitrogens with two attached hydrogens (primary N) is 1. The zero-order chi connectivity index (χ0) is 13.9. The van der Waals surface area contributed by atoms with Crippen LogP contribution in [-0.2, 0) is 4.79 Å². The highest BCUT2D eigenvalue weighted by molar-refractivity contribution is 5.77. The zero-order valence-corrected chi connectivity index (χ0v) is 11.3. The average Bonchev–Trinajstić information content (AvgIpc) is 2.34. The lowest BCUT2D eigenvalue weighted by Gasteiger charge is -2.40. The van der Waals surface area contributed by atoms with E-state index in [-0.39, 0.29) is 23.2 Å². The van der Waals surface area contributed by atoms with Gasteiger partial charge < -0.3 is 11.1 Å². The molecule has 0 saturated heterocycles. The number of nitrogens with one attached hydrogen (secondary N) is 1. The lowest BCUT2D eigenvalue weighted by Crippen LogP contribution is -2.42. The van der Waals surface area contributed by atoms with Gasteiger partial charge in [0.05, 0.1) is 6.04 Å². The Morgan fingerprint density at radius 1 is 1.53 bits per heavy atom. The monoisotopic (exact) mass is 264 g/mol. The van der Waals surface area contributed by atoms with Gasteiger partial charge in [0.2, 0.25) is 5.91 Å². The Morgan fingerprint density at radius 2 is 2.26 bits per heavy atom. The van der Waals surface area contributed by atoms with Crippen LogP contribution in [0.3, 0.4) is 0 Å². The second-order valence-corrected chi connectivity index (χ2v) is 5.58. The lowest BCUT2D eigenvalue weighted by atomic mass is 9.66. The molecular weight excluding hydrogens is 243 g/mol. The highest BCUT2D eigenvalue weighted by Crippen LogP contribution is 2.42. The van der Waals surface area contributed by atoms with Crippen LogP contribution >= 0.6 is 0 Å². The van der Waals surface area contributed by atoms with Gasteiger partial charge in [0.25, 0.3) is 0 Å². The molecule has 0 radical (unpaired) electrons. The molecule has 0 aliphatic heterocycles. The summed E-state index contributed by atoms with van der Waals surface area (Å²) in [7, 11) is 0. The van der Waals surface area contributed by atoms with Crippen LogP contribution in [0.15, 0.2) is 24.3 Å². The van der Waals surface area contributed by atoms with Crippen LogP contribution in [0.5, 0.6) is 0 Å². The molecule has 3 N–H and O–H groups in total. The number of hydrogen-bond donors (Lipinski definition) is 2. The van der Waals surface area contributed by atoms with Crippen molar-refractivity contribution in [1.29, 1.82) is 0 Å². The molecule has 1 amide bonds. The standard InChI is InChI=1S/C15H21FN2O/c1-11(12-4-2-5-13(16)8-12)18-14(19)9-15(10-17)6-3-7-15/h2,4-5,8,11H,3,6-7,9-10,17H2,1H3,(H,18,19)/t11-/m1/s1. The predicted octanol–water partition coefficient (Wildman–Crippen LogP) is 2.52. The Balaban J connectivity index is 1.91. The summed E-state index contributed by atoms with van der Waals surface area (Å²) in [6.45, 7) is 2.43. The molecule has 1 aromatic rings. The maximum atomic E-state index is 13.1. The Hall–Kier alpha value is -1.42. The molecule has 1 aliphatic carbocycles. The van der Waals surface area contributed by atoms with Crippen LogP contribution in [0.25, 0.3) is 0 Å². The van der Waals surface area contributed by atoms with Crippen molar-refractivity contribution in [2.45, 2.75) is 38.6 Å². The molecule has 2 rings (SSSR count). The van der Waals surface area contributed by atoms with Gasteiger partial charge in [-0.3, -0.25) is 4.79 Å². The third kappa shape index (κ3) is 3.32. The van der Waals surface area contributed by atoms with Gasteiger partial charge in [0.15, 0.2) is 0 Å². The van der Waals surface area contributed by atoms with E-state index >= 15 is 0 Å². The molecule has 3 nitrogen and oxygen atoms in total. The number of hydrogen-bond acceptors (Lipinski definition) is 2. The minimum atomic E-state index is -0.281. The van der Waals surface area contributed by atoms with Crippen LogP contribution in [0.1, 0.15) is 44.2 Å².